The topological polar surface area (TPSA) is 118 Å². The molecule has 2 aromatic carbocycles. The van der Waals surface area contributed by atoms with Crippen molar-refractivity contribution in [2.45, 2.75) is 43.2 Å². The van der Waals surface area contributed by atoms with Gasteiger partial charge in [-0.25, -0.2) is 9.86 Å². The largest absolute Gasteiger partial charge is 0.508 e. The number of esters is 1. The van der Waals surface area contributed by atoms with E-state index in [9.17, 15) is 33.0 Å². The first kappa shape index (κ1) is 29.2. The number of benzene rings is 2. The molecule has 1 amide bonds. The van der Waals surface area contributed by atoms with Crippen LogP contribution in [0.1, 0.15) is 28.8 Å². The molecule has 0 radical (unpaired) electrons. The Labute approximate surface area is 238 Å². The van der Waals surface area contributed by atoms with Crippen molar-refractivity contribution in [2.24, 2.45) is 0 Å². The molecule has 0 saturated carbocycles. The van der Waals surface area contributed by atoms with Crippen molar-refractivity contribution in [3.05, 3.63) is 52.5 Å². The average molecular weight is 601 g/mol. The van der Waals surface area contributed by atoms with Gasteiger partial charge in [-0.05, 0) is 35.9 Å². The summed E-state index contributed by atoms with van der Waals surface area (Å²) in [6.07, 6.45) is -5.08. The monoisotopic (exact) mass is 600 g/mol. The van der Waals surface area contributed by atoms with Crippen molar-refractivity contribution < 1.29 is 52.0 Å². The summed E-state index contributed by atoms with van der Waals surface area (Å²) in [5.41, 5.74) is 0.743. The summed E-state index contributed by atoms with van der Waals surface area (Å²) in [7, 11) is 0. The maximum Gasteiger partial charge on any atom is 0.490 e. The minimum Gasteiger partial charge on any atom is -0.508 e. The first-order valence-corrected chi connectivity index (χ1v) is 13.3. The Balaban J connectivity index is 1.12. The maximum absolute atomic E-state index is 13.0. The van der Waals surface area contributed by atoms with Crippen LogP contribution in [0, 0.1) is 0 Å². The summed E-state index contributed by atoms with van der Waals surface area (Å²) in [4.78, 5) is 31.3. The molecule has 2 N–H and O–H groups in total. The van der Waals surface area contributed by atoms with Crippen LogP contribution in [0.2, 0.25) is 5.02 Å². The Hall–Kier alpha value is -3.26. The number of piperidine rings is 1. The number of ether oxygens (including phenoxy) is 3. The van der Waals surface area contributed by atoms with Gasteiger partial charge >= 0.3 is 12.1 Å². The van der Waals surface area contributed by atoms with Crippen LogP contribution in [0.15, 0.2) is 36.4 Å². The maximum atomic E-state index is 13.0. The molecule has 2 atom stereocenters. The molecule has 0 aromatic heterocycles. The number of halogens is 4. The lowest BCUT2D eigenvalue weighted by atomic mass is 9.87. The number of carbonyl (C=O) groups excluding carboxylic acids is 2. The number of aliphatic hydroxyl groups excluding tert-OH is 1. The summed E-state index contributed by atoms with van der Waals surface area (Å²) in [5, 5.41) is 22.0. The van der Waals surface area contributed by atoms with Gasteiger partial charge in [-0.15, -0.1) is 0 Å². The third-order valence-corrected chi connectivity index (χ3v) is 7.48. The zero-order valence-corrected chi connectivity index (χ0v) is 22.5. The van der Waals surface area contributed by atoms with Gasteiger partial charge in [0, 0.05) is 50.0 Å². The summed E-state index contributed by atoms with van der Waals surface area (Å²) in [6, 6.07) is 9.29. The lowest BCUT2D eigenvalue weighted by Crippen LogP contribution is -2.49. The van der Waals surface area contributed by atoms with Crippen LogP contribution in [0.4, 0.5) is 13.2 Å². The van der Waals surface area contributed by atoms with Gasteiger partial charge in [-0.1, -0.05) is 11.6 Å². The molecule has 3 aliphatic rings. The van der Waals surface area contributed by atoms with Crippen LogP contribution in [-0.2, 0) is 20.8 Å². The number of amides is 1. The molecule has 2 saturated heterocycles. The first-order chi connectivity index (χ1) is 19.4. The fourth-order valence-electron chi connectivity index (χ4n) is 5.20. The fourth-order valence-corrected chi connectivity index (χ4v) is 5.39. The van der Waals surface area contributed by atoms with Crippen molar-refractivity contribution in [3.8, 4) is 17.2 Å². The Morgan fingerprint density at radius 1 is 1.17 bits per heavy atom. The predicted octanol–water partition coefficient (Wildman–Crippen LogP) is 3.12. The van der Waals surface area contributed by atoms with Crippen molar-refractivity contribution in [1.82, 2.24) is 9.96 Å². The number of phenolic OH excluding ortho intramolecular Hbond substituents is 1. The molecule has 222 valence electrons. The molecule has 1 spiro atoms. The SMILES string of the molecule is O=C(c1ccc(O)cc1OC[C@@H](O)CN1CCC2(CC1)Cc1cc(Cl)ccc1O2)N1C[C@@H](OC(=O)C(F)(F)F)CO1. The molecular formula is C27H28ClF3N2O8. The predicted molar refractivity (Wildman–Crippen MR) is 137 cm³/mol. The highest BCUT2D eigenvalue weighted by Gasteiger charge is 2.44. The van der Waals surface area contributed by atoms with E-state index in [1.54, 1.807) is 6.07 Å². The number of β-amino-alcohol motifs (C(OH)–C–C–N with tert-alkyl or cyclic N) is 1. The van der Waals surface area contributed by atoms with E-state index in [-0.39, 0.29) is 29.3 Å². The number of fused-ring (bicyclic) bond motifs is 1. The molecule has 2 fully saturated rings. The number of hydrogen-bond acceptors (Lipinski definition) is 9. The molecule has 0 aliphatic carbocycles. The number of carbonyl (C=O) groups is 2. The van der Waals surface area contributed by atoms with Gasteiger partial charge in [0.15, 0.2) is 0 Å². The van der Waals surface area contributed by atoms with E-state index in [0.717, 1.165) is 35.6 Å². The number of alkyl halides is 3. The van der Waals surface area contributed by atoms with Crippen LogP contribution in [0.3, 0.4) is 0 Å². The third-order valence-electron chi connectivity index (χ3n) is 7.24. The number of nitrogens with zero attached hydrogens (tertiary/aromatic N) is 2. The van der Waals surface area contributed by atoms with Crippen LogP contribution in [0.5, 0.6) is 17.2 Å². The average Bonchev–Trinajstić information content (AvgIpc) is 3.52. The molecule has 3 aliphatic heterocycles. The highest BCUT2D eigenvalue weighted by molar-refractivity contribution is 6.30. The Bertz CT molecular complexity index is 1300. The van der Waals surface area contributed by atoms with Gasteiger partial charge in [0.05, 0.1) is 12.1 Å². The molecule has 3 heterocycles. The zero-order chi connectivity index (χ0) is 29.4. The number of hydrogen-bond donors (Lipinski definition) is 2. The Morgan fingerprint density at radius 3 is 2.66 bits per heavy atom. The number of rotatable bonds is 7. The van der Waals surface area contributed by atoms with Crippen molar-refractivity contribution in [3.63, 3.8) is 0 Å². The Kier molecular flexibility index (Phi) is 8.24. The number of phenols is 1. The highest BCUT2D eigenvalue weighted by atomic mass is 35.5. The van der Waals surface area contributed by atoms with Crippen LogP contribution < -0.4 is 9.47 Å². The fraction of sp³-hybridized carbons (Fsp3) is 0.481. The lowest BCUT2D eigenvalue weighted by Gasteiger charge is -2.39. The lowest BCUT2D eigenvalue weighted by molar-refractivity contribution is -0.204. The van der Waals surface area contributed by atoms with E-state index in [0.29, 0.717) is 24.7 Å². The van der Waals surface area contributed by atoms with Gasteiger partial charge < -0.3 is 29.3 Å². The summed E-state index contributed by atoms with van der Waals surface area (Å²) >= 11 is 6.11. The first-order valence-electron chi connectivity index (χ1n) is 13.0. The van der Waals surface area contributed by atoms with E-state index in [1.807, 2.05) is 12.1 Å². The molecule has 2 aromatic rings. The van der Waals surface area contributed by atoms with Gasteiger partial charge in [0.1, 0.15) is 48.3 Å². The van der Waals surface area contributed by atoms with Crippen molar-refractivity contribution in [2.75, 3.05) is 39.4 Å². The second kappa shape index (κ2) is 11.6. The van der Waals surface area contributed by atoms with Crippen LogP contribution >= 0.6 is 11.6 Å². The molecule has 41 heavy (non-hydrogen) atoms. The second-order valence-corrected chi connectivity index (χ2v) is 10.8. The van der Waals surface area contributed by atoms with Gasteiger partial charge in [-0.2, -0.15) is 13.2 Å². The highest BCUT2D eigenvalue weighted by Crippen LogP contribution is 2.42. The number of likely N-dealkylation sites (tertiary alicyclic amines) is 1. The number of aliphatic hydroxyl groups is 1. The number of aromatic hydroxyl groups is 1. The smallest absolute Gasteiger partial charge is 0.490 e. The molecule has 10 nitrogen and oxygen atoms in total. The van der Waals surface area contributed by atoms with E-state index >= 15 is 0 Å². The van der Waals surface area contributed by atoms with Gasteiger partial charge in [0.25, 0.3) is 5.91 Å². The second-order valence-electron chi connectivity index (χ2n) is 10.3. The molecular weight excluding hydrogens is 573 g/mol. The zero-order valence-electron chi connectivity index (χ0n) is 21.7. The molecule has 0 bridgehead atoms. The number of hydroxylamine groups is 2. The summed E-state index contributed by atoms with van der Waals surface area (Å²) in [5.74, 6) is -2.56. The quantitative estimate of drug-likeness (QED) is 0.462. The van der Waals surface area contributed by atoms with Crippen LogP contribution in [-0.4, -0.2) is 95.4 Å². The molecule has 14 heteroatoms. The van der Waals surface area contributed by atoms with E-state index in [1.165, 1.54) is 18.2 Å². The van der Waals surface area contributed by atoms with E-state index < -0.39 is 43.4 Å². The van der Waals surface area contributed by atoms with E-state index in [4.69, 9.17) is 25.9 Å². The van der Waals surface area contributed by atoms with Crippen molar-refractivity contribution >= 4 is 23.5 Å². The minimum atomic E-state index is -5.17. The summed E-state index contributed by atoms with van der Waals surface area (Å²) in [6.45, 7) is 0.628. The minimum absolute atomic E-state index is 0.0539. The van der Waals surface area contributed by atoms with E-state index in [2.05, 4.69) is 9.64 Å². The van der Waals surface area contributed by atoms with Crippen molar-refractivity contribution in [1.29, 1.82) is 0 Å². The molecule has 5 rings (SSSR count). The standard InChI is InChI=1S/C27H28ClF3N2O8/c28-17-1-4-22-16(9-17)11-26(41-22)5-7-32(8-6-26)12-19(35)14-38-23-10-18(34)2-3-21(23)24(36)33-13-20(15-39-33)40-25(37)27(29,30)31/h1-4,9-10,19-20,34-35H,5-8,11-15H2/t19-,20+/m0/s1. The third kappa shape index (κ3) is 6.80. The van der Waals surface area contributed by atoms with Crippen LogP contribution in [0.25, 0.3) is 0 Å². The van der Waals surface area contributed by atoms with Gasteiger partial charge in [0.2, 0.25) is 0 Å². The molecule has 0 unspecified atom stereocenters. The summed E-state index contributed by atoms with van der Waals surface area (Å²) < 4.78 is 53.7. The normalized spacial score (nSPS) is 20.9. The Morgan fingerprint density at radius 2 is 1.93 bits per heavy atom. The van der Waals surface area contributed by atoms with Gasteiger partial charge in [-0.3, -0.25) is 9.63 Å².